The van der Waals surface area contributed by atoms with E-state index in [2.05, 4.69) is 167 Å². The number of hydrogen-bond donors (Lipinski definition) is 0. The van der Waals surface area contributed by atoms with E-state index < -0.39 is 0 Å². The molecule has 0 amide bonds. The van der Waals surface area contributed by atoms with Crippen molar-refractivity contribution in [2.45, 2.75) is 0 Å². The van der Waals surface area contributed by atoms with E-state index >= 15 is 0 Å². The first-order valence-electron chi connectivity index (χ1n) is 16.3. The van der Waals surface area contributed by atoms with Crippen LogP contribution < -0.4 is 0 Å². The number of nitrogens with zero attached hydrogens (tertiary/aromatic N) is 4. The summed E-state index contributed by atoms with van der Waals surface area (Å²) in [7, 11) is 0. The largest absolute Gasteiger partial charge is 0.294 e. The van der Waals surface area contributed by atoms with Crippen molar-refractivity contribution in [1.82, 2.24) is 18.9 Å². The van der Waals surface area contributed by atoms with Crippen LogP contribution in [-0.2, 0) is 0 Å². The summed E-state index contributed by atoms with van der Waals surface area (Å²) >= 11 is 0. The van der Waals surface area contributed by atoms with Crippen molar-refractivity contribution in [1.29, 1.82) is 0 Å². The summed E-state index contributed by atoms with van der Waals surface area (Å²) in [5, 5.41) is 5.98. The van der Waals surface area contributed by atoms with Crippen LogP contribution >= 0.6 is 0 Å². The minimum atomic E-state index is 0.899. The fourth-order valence-corrected chi connectivity index (χ4v) is 7.48. The first kappa shape index (κ1) is 26.7. The first-order chi connectivity index (χ1) is 23.8. The van der Waals surface area contributed by atoms with Gasteiger partial charge in [0.2, 0.25) is 0 Å². The number of hydrogen-bond acceptors (Lipinski definition) is 2. The number of rotatable bonds is 4. The Balaban J connectivity index is 1.40. The molecule has 0 aliphatic rings. The van der Waals surface area contributed by atoms with E-state index in [-0.39, 0.29) is 0 Å². The second kappa shape index (κ2) is 10.5. The first-order valence-corrected chi connectivity index (χ1v) is 16.3. The van der Waals surface area contributed by atoms with Crippen LogP contribution in [0, 0.1) is 0 Å². The van der Waals surface area contributed by atoms with Gasteiger partial charge in [0, 0.05) is 38.9 Å². The Labute approximate surface area is 276 Å². The number of benzene rings is 6. The Morgan fingerprint density at radius 3 is 1.77 bits per heavy atom. The quantitative estimate of drug-likeness (QED) is 0.185. The van der Waals surface area contributed by atoms with E-state index in [0.29, 0.717) is 0 Å². The van der Waals surface area contributed by atoms with Gasteiger partial charge in [0.1, 0.15) is 11.6 Å². The van der Waals surface area contributed by atoms with Crippen LogP contribution in [0.4, 0.5) is 0 Å². The molecule has 0 saturated heterocycles. The molecule has 4 heteroatoms. The minimum absolute atomic E-state index is 0.899. The van der Waals surface area contributed by atoms with E-state index in [4.69, 9.17) is 9.97 Å². The minimum Gasteiger partial charge on any atom is -0.294 e. The van der Waals surface area contributed by atoms with Crippen molar-refractivity contribution in [2.24, 2.45) is 0 Å². The van der Waals surface area contributed by atoms with Gasteiger partial charge in [0.25, 0.3) is 0 Å². The zero-order valence-corrected chi connectivity index (χ0v) is 26.0. The monoisotopic (exact) mass is 612 g/mol. The predicted molar refractivity (Wildman–Crippen MR) is 199 cm³/mol. The van der Waals surface area contributed by atoms with E-state index in [9.17, 15) is 0 Å². The van der Waals surface area contributed by atoms with E-state index in [1.54, 1.807) is 0 Å². The Kier molecular flexibility index (Phi) is 5.84. The highest BCUT2D eigenvalue weighted by molar-refractivity contribution is 6.31. The molecular formula is C44H28N4. The molecule has 0 spiro atoms. The van der Waals surface area contributed by atoms with Crippen LogP contribution in [0.1, 0.15) is 0 Å². The van der Waals surface area contributed by atoms with Crippen LogP contribution in [0.5, 0.6) is 0 Å². The van der Waals surface area contributed by atoms with Crippen molar-refractivity contribution in [3.8, 4) is 39.6 Å². The molecule has 0 atom stereocenters. The molecule has 0 radical (unpaired) electrons. The molecule has 10 aromatic rings. The summed E-state index contributed by atoms with van der Waals surface area (Å²) in [6, 6.07) is 58.0. The fourth-order valence-electron chi connectivity index (χ4n) is 7.48. The van der Waals surface area contributed by atoms with E-state index in [1.165, 1.54) is 38.1 Å². The average Bonchev–Trinajstić information content (AvgIpc) is 3.73. The Morgan fingerprint density at radius 1 is 0.396 bits per heavy atom. The van der Waals surface area contributed by atoms with Crippen LogP contribution in [0.15, 0.2) is 170 Å². The molecule has 48 heavy (non-hydrogen) atoms. The van der Waals surface area contributed by atoms with Crippen LogP contribution in [0.2, 0.25) is 0 Å². The predicted octanol–water partition coefficient (Wildman–Crippen LogP) is 11.1. The van der Waals surface area contributed by atoms with Gasteiger partial charge < -0.3 is 0 Å². The number of aromatic nitrogens is 4. The normalized spacial score (nSPS) is 11.8. The number of fused-ring (bicyclic) bond motifs is 10. The molecule has 0 bridgehead atoms. The van der Waals surface area contributed by atoms with Gasteiger partial charge in [-0.25, -0.2) is 9.97 Å². The maximum atomic E-state index is 5.53. The topological polar surface area (TPSA) is 35.1 Å². The van der Waals surface area contributed by atoms with Gasteiger partial charge in [-0.2, -0.15) is 0 Å². The van der Waals surface area contributed by atoms with Gasteiger partial charge in [0.15, 0.2) is 0 Å². The molecule has 4 heterocycles. The Hall–Kier alpha value is -6.52. The van der Waals surface area contributed by atoms with Gasteiger partial charge in [0.05, 0.1) is 27.8 Å². The summed E-state index contributed by atoms with van der Waals surface area (Å²) in [4.78, 5) is 10.3. The fraction of sp³-hybridized carbons (Fsp3) is 0. The summed E-state index contributed by atoms with van der Waals surface area (Å²) in [5.74, 6) is 1.82. The smallest absolute Gasteiger partial charge is 0.145 e. The Morgan fingerprint density at radius 2 is 1.02 bits per heavy atom. The number of pyridine rings is 2. The summed E-state index contributed by atoms with van der Waals surface area (Å²) < 4.78 is 4.68. The maximum Gasteiger partial charge on any atom is 0.145 e. The van der Waals surface area contributed by atoms with Gasteiger partial charge >= 0.3 is 0 Å². The standard InChI is InChI=1S/C44H28N4/c1-3-13-29(14-4-1)30-22-24-32(25-23-30)44-46-42(31-15-5-2-6-16-31)43-41-34(33-17-7-9-19-36(33)48(43)44)26-27-38-40(41)35-18-8-10-20-37(35)47(38)39-21-11-12-28-45-39/h1-28H. The second-order valence-electron chi connectivity index (χ2n) is 12.2. The SMILES string of the molecule is c1ccc(-c2ccc(-c3nc(-c4ccccc4)c4c5c(ccc6c5c5ccccc5n6-c5ccccn5)c5ccccc5n34)cc2)cc1. The molecule has 6 aromatic carbocycles. The number of imidazole rings is 1. The van der Waals surface area contributed by atoms with E-state index in [0.717, 1.165) is 50.5 Å². The summed E-state index contributed by atoms with van der Waals surface area (Å²) in [6.07, 6.45) is 1.86. The Bertz CT molecular complexity index is 2800. The molecule has 0 fully saturated rings. The van der Waals surface area contributed by atoms with E-state index in [1.807, 2.05) is 12.3 Å². The molecule has 0 saturated carbocycles. The van der Waals surface area contributed by atoms with Gasteiger partial charge in [-0.15, -0.1) is 0 Å². The molecule has 10 rings (SSSR count). The molecule has 4 nitrogen and oxygen atoms in total. The molecular weight excluding hydrogens is 585 g/mol. The highest BCUT2D eigenvalue weighted by Crippen LogP contribution is 2.45. The van der Waals surface area contributed by atoms with Crippen molar-refractivity contribution >= 4 is 49.0 Å². The van der Waals surface area contributed by atoms with Crippen molar-refractivity contribution in [3.05, 3.63) is 170 Å². The average molecular weight is 613 g/mol. The summed E-state index contributed by atoms with van der Waals surface area (Å²) in [6.45, 7) is 0. The third-order valence-corrected chi connectivity index (χ3v) is 9.56. The van der Waals surface area contributed by atoms with Crippen molar-refractivity contribution in [3.63, 3.8) is 0 Å². The molecule has 4 aromatic heterocycles. The third kappa shape index (κ3) is 3.90. The molecule has 224 valence electrons. The lowest BCUT2D eigenvalue weighted by molar-refractivity contribution is 1.08. The zero-order chi connectivity index (χ0) is 31.6. The lowest BCUT2D eigenvalue weighted by Crippen LogP contribution is -1.97. The summed E-state index contributed by atoms with van der Waals surface area (Å²) in [5.41, 5.74) is 9.99. The maximum absolute atomic E-state index is 5.53. The van der Waals surface area contributed by atoms with Crippen LogP contribution in [0.25, 0.3) is 88.6 Å². The third-order valence-electron chi connectivity index (χ3n) is 9.56. The highest BCUT2D eigenvalue weighted by Gasteiger charge is 2.24. The zero-order valence-electron chi connectivity index (χ0n) is 26.0. The van der Waals surface area contributed by atoms with Crippen molar-refractivity contribution in [2.75, 3.05) is 0 Å². The second-order valence-corrected chi connectivity index (χ2v) is 12.2. The van der Waals surface area contributed by atoms with Gasteiger partial charge in [-0.1, -0.05) is 133 Å². The lowest BCUT2D eigenvalue weighted by atomic mass is 9.98. The molecule has 0 unspecified atom stereocenters. The van der Waals surface area contributed by atoms with Gasteiger partial charge in [-0.05, 0) is 46.8 Å². The molecule has 0 aliphatic heterocycles. The van der Waals surface area contributed by atoms with Gasteiger partial charge in [-0.3, -0.25) is 8.97 Å². The molecule has 0 aliphatic carbocycles. The molecule has 0 N–H and O–H groups in total. The number of para-hydroxylation sites is 2. The van der Waals surface area contributed by atoms with Crippen molar-refractivity contribution < 1.29 is 0 Å². The highest BCUT2D eigenvalue weighted by atomic mass is 15.1. The van der Waals surface area contributed by atoms with Crippen LogP contribution in [-0.4, -0.2) is 18.9 Å². The van der Waals surface area contributed by atoms with Crippen LogP contribution in [0.3, 0.4) is 0 Å². The lowest BCUT2D eigenvalue weighted by Gasteiger charge is -2.14.